The number of rotatable bonds is 4. The van der Waals surface area contributed by atoms with E-state index in [9.17, 15) is 0 Å². The van der Waals surface area contributed by atoms with E-state index in [0.29, 0.717) is 0 Å². The minimum absolute atomic E-state index is 0.808. The molecule has 4 atom stereocenters. The second-order valence-corrected chi connectivity index (χ2v) is 6.73. The van der Waals surface area contributed by atoms with Gasteiger partial charge in [-0.15, -0.1) is 0 Å². The van der Waals surface area contributed by atoms with Crippen molar-refractivity contribution < 1.29 is 0 Å². The average molecular weight is 246 g/mol. The van der Waals surface area contributed by atoms with E-state index < -0.39 is 0 Å². The van der Waals surface area contributed by atoms with Gasteiger partial charge in [-0.1, -0.05) is 45.1 Å². The lowest BCUT2D eigenvalue weighted by molar-refractivity contribution is 0.150. The Hall–Kier alpha value is -0.520. The van der Waals surface area contributed by atoms with Gasteiger partial charge in [0, 0.05) is 0 Å². The molecule has 0 amide bonds. The van der Waals surface area contributed by atoms with E-state index in [0.717, 1.165) is 29.6 Å². The highest BCUT2D eigenvalue weighted by Gasteiger charge is 2.32. The molecule has 0 aromatic rings. The van der Waals surface area contributed by atoms with Crippen molar-refractivity contribution in [2.24, 2.45) is 29.6 Å². The Morgan fingerprint density at radius 2 is 1.39 bits per heavy atom. The minimum atomic E-state index is 0.808. The zero-order valence-electron chi connectivity index (χ0n) is 12.4. The summed E-state index contributed by atoms with van der Waals surface area (Å²) < 4.78 is 0. The molecule has 0 saturated carbocycles. The Morgan fingerprint density at radius 3 is 1.83 bits per heavy atom. The fourth-order valence-corrected chi connectivity index (χ4v) is 4.21. The molecule has 0 spiro atoms. The van der Waals surface area contributed by atoms with Crippen LogP contribution in [0.2, 0.25) is 0 Å². The van der Waals surface area contributed by atoms with Crippen LogP contribution in [0.4, 0.5) is 0 Å². The summed E-state index contributed by atoms with van der Waals surface area (Å²) in [5.41, 5.74) is 0. The van der Waals surface area contributed by atoms with Gasteiger partial charge in [-0.25, -0.2) is 0 Å². The number of allylic oxidation sites excluding steroid dienone is 4. The lowest BCUT2D eigenvalue weighted by atomic mass is 9.66. The predicted molar refractivity (Wildman–Crippen MR) is 80.5 cm³/mol. The van der Waals surface area contributed by atoms with Gasteiger partial charge in [0.2, 0.25) is 0 Å². The Labute approximate surface area is 114 Å². The largest absolute Gasteiger partial charge is 0.0882 e. The van der Waals surface area contributed by atoms with Gasteiger partial charge < -0.3 is 0 Å². The van der Waals surface area contributed by atoms with Crippen molar-refractivity contribution in [3.63, 3.8) is 0 Å². The van der Waals surface area contributed by atoms with E-state index in [1.165, 1.54) is 38.5 Å². The van der Waals surface area contributed by atoms with Crippen LogP contribution in [0.25, 0.3) is 0 Å². The highest BCUT2D eigenvalue weighted by molar-refractivity contribution is 5.02. The molecule has 0 aliphatic heterocycles. The second kappa shape index (κ2) is 6.59. The maximum absolute atomic E-state index is 2.53. The van der Waals surface area contributed by atoms with Gasteiger partial charge in [0.1, 0.15) is 0 Å². The molecule has 0 fully saturated rings. The molecule has 4 unspecified atom stereocenters. The Bertz CT molecular complexity index is 297. The monoisotopic (exact) mass is 246 g/mol. The first kappa shape index (κ1) is 13.9. The van der Waals surface area contributed by atoms with Crippen LogP contribution < -0.4 is 0 Å². The van der Waals surface area contributed by atoms with Gasteiger partial charge in [-0.3, -0.25) is 0 Å². The molecular weight excluding hydrogens is 216 g/mol. The third-order valence-corrected chi connectivity index (χ3v) is 5.13. The Balaban J connectivity index is 2.08. The van der Waals surface area contributed by atoms with E-state index in [1.807, 2.05) is 0 Å². The van der Waals surface area contributed by atoms with Gasteiger partial charge in [-0.2, -0.15) is 0 Å². The molecule has 0 bridgehead atoms. The minimum Gasteiger partial charge on any atom is -0.0882 e. The molecule has 0 N–H and O–H groups in total. The summed E-state index contributed by atoms with van der Waals surface area (Å²) in [6.07, 6.45) is 18.1. The third kappa shape index (κ3) is 3.28. The van der Waals surface area contributed by atoms with Gasteiger partial charge in [-0.05, 0) is 68.1 Å². The van der Waals surface area contributed by atoms with E-state index in [-0.39, 0.29) is 0 Å². The first-order valence-electron chi connectivity index (χ1n) is 8.03. The van der Waals surface area contributed by atoms with Crippen molar-refractivity contribution in [1.82, 2.24) is 0 Å². The topological polar surface area (TPSA) is 0 Å². The summed E-state index contributed by atoms with van der Waals surface area (Å²) in [4.78, 5) is 0. The van der Waals surface area contributed by atoms with E-state index in [4.69, 9.17) is 0 Å². The predicted octanol–water partition coefficient (Wildman–Crippen LogP) is 5.61. The zero-order valence-corrected chi connectivity index (χ0v) is 12.4. The second-order valence-electron chi connectivity index (χ2n) is 6.73. The molecule has 0 aromatic heterocycles. The zero-order chi connectivity index (χ0) is 13.0. The summed E-state index contributed by atoms with van der Waals surface area (Å²) >= 11 is 0. The van der Waals surface area contributed by atoms with Gasteiger partial charge in [0.05, 0.1) is 0 Å². The van der Waals surface area contributed by atoms with Crippen LogP contribution in [0.1, 0.15) is 59.3 Å². The molecule has 2 aliphatic carbocycles. The highest BCUT2D eigenvalue weighted by atomic mass is 14.4. The molecule has 0 saturated heterocycles. The standard InChI is InChI=1S/C18H30/c1-14(2)18(17-12-8-5-9-13-17)15(3)16-10-6-4-7-11-16/h6,8,10,12,14-18H,4-5,7,9,11,13H2,1-3H3. The Morgan fingerprint density at radius 1 is 0.833 bits per heavy atom. The van der Waals surface area contributed by atoms with Gasteiger partial charge >= 0.3 is 0 Å². The summed E-state index contributed by atoms with van der Waals surface area (Å²) in [5, 5.41) is 0. The normalized spacial score (nSPS) is 31.6. The molecule has 0 heterocycles. The van der Waals surface area contributed by atoms with Crippen molar-refractivity contribution in [2.45, 2.75) is 59.3 Å². The molecule has 0 nitrogen and oxygen atoms in total. The summed E-state index contributed by atoms with van der Waals surface area (Å²) in [5.74, 6) is 4.19. The summed E-state index contributed by atoms with van der Waals surface area (Å²) in [6, 6.07) is 0. The molecule has 2 aliphatic rings. The lowest BCUT2D eigenvalue weighted by Crippen LogP contribution is -2.31. The van der Waals surface area contributed by atoms with Crippen molar-refractivity contribution in [2.75, 3.05) is 0 Å². The van der Waals surface area contributed by atoms with Crippen LogP contribution in [0.15, 0.2) is 24.3 Å². The quantitative estimate of drug-likeness (QED) is 0.566. The van der Waals surface area contributed by atoms with E-state index in [2.05, 4.69) is 45.1 Å². The number of hydrogen-bond donors (Lipinski definition) is 0. The fraction of sp³-hybridized carbons (Fsp3) is 0.778. The maximum Gasteiger partial charge on any atom is -0.0200 e. The van der Waals surface area contributed by atoms with Crippen molar-refractivity contribution in [3.05, 3.63) is 24.3 Å². The van der Waals surface area contributed by atoms with Crippen molar-refractivity contribution in [3.8, 4) is 0 Å². The molecule has 0 radical (unpaired) electrons. The fourth-order valence-electron chi connectivity index (χ4n) is 4.21. The lowest BCUT2D eigenvalue weighted by Gasteiger charge is -2.38. The molecule has 0 aromatic carbocycles. The summed E-state index contributed by atoms with van der Waals surface area (Å²) in [7, 11) is 0. The van der Waals surface area contributed by atoms with E-state index in [1.54, 1.807) is 0 Å². The first-order valence-corrected chi connectivity index (χ1v) is 8.03. The van der Waals surface area contributed by atoms with Crippen molar-refractivity contribution in [1.29, 1.82) is 0 Å². The van der Waals surface area contributed by atoms with Crippen LogP contribution in [-0.4, -0.2) is 0 Å². The molecule has 102 valence electrons. The van der Waals surface area contributed by atoms with Crippen LogP contribution in [-0.2, 0) is 0 Å². The number of hydrogen-bond acceptors (Lipinski definition) is 0. The van der Waals surface area contributed by atoms with Crippen LogP contribution in [0.5, 0.6) is 0 Å². The Kier molecular flexibility index (Phi) is 5.09. The SMILES string of the molecule is CC(C)C(C1C=CCCC1)C(C)C1C=CCCC1. The molecule has 0 heteroatoms. The third-order valence-electron chi connectivity index (χ3n) is 5.13. The maximum atomic E-state index is 2.53. The summed E-state index contributed by atoms with van der Waals surface area (Å²) in [6.45, 7) is 7.36. The molecular formula is C18H30. The van der Waals surface area contributed by atoms with Crippen LogP contribution in [0, 0.1) is 29.6 Å². The highest BCUT2D eigenvalue weighted by Crippen LogP contribution is 2.40. The molecule has 18 heavy (non-hydrogen) atoms. The van der Waals surface area contributed by atoms with Crippen molar-refractivity contribution >= 4 is 0 Å². The first-order chi connectivity index (χ1) is 8.70. The van der Waals surface area contributed by atoms with Gasteiger partial charge in [0.25, 0.3) is 0 Å². The average Bonchev–Trinajstić information content (AvgIpc) is 2.40. The smallest absolute Gasteiger partial charge is 0.0200 e. The van der Waals surface area contributed by atoms with E-state index >= 15 is 0 Å². The van der Waals surface area contributed by atoms with Crippen LogP contribution >= 0.6 is 0 Å². The van der Waals surface area contributed by atoms with Gasteiger partial charge in [0.15, 0.2) is 0 Å². The molecule has 2 rings (SSSR count). The van der Waals surface area contributed by atoms with Crippen LogP contribution in [0.3, 0.4) is 0 Å².